The van der Waals surface area contributed by atoms with Gasteiger partial charge in [0.25, 0.3) is 0 Å². The van der Waals surface area contributed by atoms with Crippen LogP contribution in [-0.4, -0.2) is 28.2 Å². The first kappa shape index (κ1) is 14.2. The lowest BCUT2D eigenvalue weighted by atomic mass is 9.78. The number of halogens is 3. The zero-order valence-corrected chi connectivity index (χ0v) is 11.7. The summed E-state index contributed by atoms with van der Waals surface area (Å²) in [5, 5.41) is 2.90. The molecule has 0 bridgehead atoms. The summed E-state index contributed by atoms with van der Waals surface area (Å²) in [4.78, 5) is 11.6. The molecule has 1 aliphatic rings. The molecule has 0 spiro atoms. The first-order valence-electron chi connectivity index (χ1n) is 7.10. The van der Waals surface area contributed by atoms with Gasteiger partial charge >= 0.3 is 6.18 Å². The van der Waals surface area contributed by atoms with Crippen molar-refractivity contribution in [2.45, 2.75) is 37.8 Å². The minimum atomic E-state index is -4.17. The van der Waals surface area contributed by atoms with Crippen molar-refractivity contribution in [1.82, 2.24) is 15.0 Å². The average Bonchev–Trinajstić information content (AvgIpc) is 2.89. The maximum Gasteiger partial charge on any atom is 0.392 e. The summed E-state index contributed by atoms with van der Waals surface area (Å²) in [6.45, 7) is 0. The summed E-state index contributed by atoms with van der Waals surface area (Å²) >= 11 is 0. The molecule has 2 N–H and O–H groups in total. The van der Waals surface area contributed by atoms with Crippen LogP contribution in [0.5, 0.6) is 0 Å². The number of aromatic nitrogens is 3. The maximum atomic E-state index is 13.2. The molecule has 7 heteroatoms. The van der Waals surface area contributed by atoms with E-state index in [1.54, 1.807) is 19.2 Å². The van der Waals surface area contributed by atoms with E-state index in [4.69, 9.17) is 0 Å². The molecular weight excluding hydrogens is 281 g/mol. The molecule has 114 valence electrons. The topological polar surface area (TPSA) is 53.6 Å². The third-order valence-electron chi connectivity index (χ3n) is 4.16. The van der Waals surface area contributed by atoms with E-state index in [1.165, 1.54) is 0 Å². The van der Waals surface area contributed by atoms with E-state index in [-0.39, 0.29) is 6.42 Å². The van der Waals surface area contributed by atoms with E-state index < -0.39 is 18.0 Å². The lowest BCUT2D eigenvalue weighted by molar-refractivity contribution is -0.187. The molecule has 0 aromatic carbocycles. The standard InChI is InChI=1S/C14H17F3N4/c1-18-11-7-6-10-13(20-11)21-12(19-10)8-4-2-3-5-9(8)14(15,16)17/h6-9H,2-5H2,1H3,(H2,18,19,20,21). The average molecular weight is 298 g/mol. The summed E-state index contributed by atoms with van der Waals surface area (Å²) in [7, 11) is 1.74. The Morgan fingerprint density at radius 2 is 1.95 bits per heavy atom. The number of hydrogen-bond donors (Lipinski definition) is 2. The fraction of sp³-hybridized carbons (Fsp3) is 0.571. The molecule has 3 rings (SSSR count). The Morgan fingerprint density at radius 1 is 1.19 bits per heavy atom. The fourth-order valence-corrected chi connectivity index (χ4v) is 3.08. The zero-order valence-electron chi connectivity index (χ0n) is 11.7. The number of hydrogen-bond acceptors (Lipinski definition) is 3. The first-order chi connectivity index (χ1) is 9.99. The summed E-state index contributed by atoms with van der Waals surface area (Å²) in [5.41, 5.74) is 1.14. The molecule has 2 atom stereocenters. The highest BCUT2D eigenvalue weighted by atomic mass is 19.4. The molecule has 2 heterocycles. The van der Waals surface area contributed by atoms with E-state index >= 15 is 0 Å². The van der Waals surface area contributed by atoms with Gasteiger partial charge in [-0.15, -0.1) is 0 Å². The van der Waals surface area contributed by atoms with Crippen molar-refractivity contribution in [3.8, 4) is 0 Å². The molecule has 2 unspecified atom stereocenters. The van der Waals surface area contributed by atoms with Crippen molar-refractivity contribution in [2.24, 2.45) is 5.92 Å². The van der Waals surface area contributed by atoms with Gasteiger partial charge in [0, 0.05) is 13.0 Å². The van der Waals surface area contributed by atoms with Gasteiger partial charge < -0.3 is 10.3 Å². The summed E-state index contributed by atoms with van der Waals surface area (Å²) in [6, 6.07) is 3.56. The number of anilines is 1. The predicted octanol–water partition coefficient (Wildman–Crippen LogP) is 3.84. The number of imidazole rings is 1. The van der Waals surface area contributed by atoms with Crippen LogP contribution in [0.3, 0.4) is 0 Å². The molecule has 0 saturated heterocycles. The highest BCUT2D eigenvalue weighted by molar-refractivity contribution is 5.73. The number of aromatic amines is 1. The van der Waals surface area contributed by atoms with Crippen molar-refractivity contribution in [2.75, 3.05) is 12.4 Å². The SMILES string of the molecule is CNc1ccc2[nH]c(C3CCCCC3C(F)(F)F)nc2n1. The minimum absolute atomic E-state index is 0.181. The van der Waals surface area contributed by atoms with Crippen LogP contribution in [0.2, 0.25) is 0 Å². The van der Waals surface area contributed by atoms with Gasteiger partial charge in [0.1, 0.15) is 11.6 Å². The third-order valence-corrected chi connectivity index (χ3v) is 4.16. The fourth-order valence-electron chi connectivity index (χ4n) is 3.08. The minimum Gasteiger partial charge on any atom is -0.373 e. The van der Waals surface area contributed by atoms with Gasteiger partial charge in [-0.25, -0.2) is 9.97 Å². The number of nitrogens with zero attached hydrogens (tertiary/aromatic N) is 2. The monoisotopic (exact) mass is 298 g/mol. The van der Waals surface area contributed by atoms with E-state index in [0.29, 0.717) is 35.6 Å². The second-order valence-electron chi connectivity index (χ2n) is 5.48. The Balaban J connectivity index is 1.97. The van der Waals surface area contributed by atoms with Crippen LogP contribution in [0.4, 0.5) is 19.0 Å². The van der Waals surface area contributed by atoms with E-state index in [9.17, 15) is 13.2 Å². The second-order valence-corrected chi connectivity index (χ2v) is 5.48. The van der Waals surface area contributed by atoms with Crippen LogP contribution in [0.15, 0.2) is 12.1 Å². The van der Waals surface area contributed by atoms with Gasteiger partial charge in [-0.05, 0) is 25.0 Å². The van der Waals surface area contributed by atoms with Crippen molar-refractivity contribution >= 4 is 17.0 Å². The zero-order chi connectivity index (χ0) is 15.0. The van der Waals surface area contributed by atoms with Crippen LogP contribution >= 0.6 is 0 Å². The molecule has 4 nitrogen and oxygen atoms in total. The summed E-state index contributed by atoms with van der Waals surface area (Å²) in [6.07, 6.45) is -2.04. The Bertz CT molecular complexity index is 635. The van der Waals surface area contributed by atoms with Crippen molar-refractivity contribution in [1.29, 1.82) is 0 Å². The number of fused-ring (bicyclic) bond motifs is 1. The molecule has 0 aliphatic heterocycles. The third kappa shape index (κ3) is 2.69. The Kier molecular flexibility index (Phi) is 3.51. The lowest BCUT2D eigenvalue weighted by Gasteiger charge is -2.31. The Labute approximate surface area is 120 Å². The number of nitrogens with one attached hydrogen (secondary N) is 2. The van der Waals surface area contributed by atoms with Gasteiger partial charge in [0.2, 0.25) is 0 Å². The predicted molar refractivity (Wildman–Crippen MR) is 74.2 cm³/mol. The Hall–Kier alpha value is -1.79. The van der Waals surface area contributed by atoms with E-state index in [0.717, 1.165) is 6.42 Å². The largest absolute Gasteiger partial charge is 0.392 e. The van der Waals surface area contributed by atoms with Crippen LogP contribution in [0.1, 0.15) is 37.4 Å². The molecule has 1 fully saturated rings. The van der Waals surface area contributed by atoms with Crippen molar-refractivity contribution in [3.05, 3.63) is 18.0 Å². The van der Waals surface area contributed by atoms with Crippen LogP contribution in [0, 0.1) is 5.92 Å². The molecule has 0 amide bonds. The molecule has 0 radical (unpaired) electrons. The molecule has 1 saturated carbocycles. The first-order valence-corrected chi connectivity index (χ1v) is 7.10. The maximum absolute atomic E-state index is 13.2. The smallest absolute Gasteiger partial charge is 0.373 e. The number of H-pyrrole nitrogens is 1. The van der Waals surface area contributed by atoms with E-state index in [1.807, 2.05) is 0 Å². The molecule has 21 heavy (non-hydrogen) atoms. The van der Waals surface area contributed by atoms with Gasteiger partial charge in [0.05, 0.1) is 11.4 Å². The highest BCUT2D eigenvalue weighted by Gasteiger charge is 2.46. The van der Waals surface area contributed by atoms with Crippen LogP contribution < -0.4 is 5.32 Å². The molecule has 2 aromatic rings. The van der Waals surface area contributed by atoms with Gasteiger partial charge in [-0.1, -0.05) is 12.8 Å². The lowest BCUT2D eigenvalue weighted by Crippen LogP contribution is -2.32. The normalized spacial score (nSPS) is 23.4. The highest BCUT2D eigenvalue weighted by Crippen LogP contribution is 2.45. The number of rotatable bonds is 2. The van der Waals surface area contributed by atoms with Crippen molar-refractivity contribution in [3.63, 3.8) is 0 Å². The van der Waals surface area contributed by atoms with Crippen LogP contribution in [-0.2, 0) is 0 Å². The number of alkyl halides is 3. The second kappa shape index (κ2) is 5.20. The van der Waals surface area contributed by atoms with E-state index in [2.05, 4.69) is 20.3 Å². The summed E-state index contributed by atoms with van der Waals surface area (Å²) < 4.78 is 39.6. The van der Waals surface area contributed by atoms with Crippen molar-refractivity contribution < 1.29 is 13.2 Å². The molecule has 1 aliphatic carbocycles. The quantitative estimate of drug-likeness (QED) is 0.885. The number of pyridine rings is 1. The summed E-state index contributed by atoms with van der Waals surface area (Å²) in [5.74, 6) is -0.842. The van der Waals surface area contributed by atoms with Gasteiger partial charge in [-0.2, -0.15) is 13.2 Å². The van der Waals surface area contributed by atoms with Crippen LogP contribution in [0.25, 0.3) is 11.2 Å². The Morgan fingerprint density at radius 3 is 2.67 bits per heavy atom. The van der Waals surface area contributed by atoms with Gasteiger partial charge in [0.15, 0.2) is 5.65 Å². The molecular formula is C14H17F3N4. The molecule has 2 aromatic heterocycles. The van der Waals surface area contributed by atoms with Gasteiger partial charge in [-0.3, -0.25) is 0 Å².